The first kappa shape index (κ1) is 13.1. The molecule has 0 aliphatic carbocycles. The Kier molecular flexibility index (Phi) is 4.35. The lowest BCUT2D eigenvalue weighted by molar-refractivity contribution is 0.554. The highest BCUT2D eigenvalue weighted by Gasteiger charge is 2.13. The van der Waals surface area contributed by atoms with E-state index in [9.17, 15) is 4.39 Å². The van der Waals surface area contributed by atoms with Crippen LogP contribution in [0.2, 0.25) is 0 Å². The molecular weight excluding hydrogens is 251 g/mol. The van der Waals surface area contributed by atoms with E-state index in [1.165, 1.54) is 12.1 Å². The standard InChI is InChI=1S/C12H15FN4S/c1-17-12(5-6-15-17)11(16-14)8-18-10-4-2-3-9(13)7-10/h2-7,11,16H,8,14H2,1H3. The van der Waals surface area contributed by atoms with Crippen molar-refractivity contribution in [2.24, 2.45) is 12.9 Å². The highest BCUT2D eigenvalue weighted by molar-refractivity contribution is 7.99. The molecule has 0 radical (unpaired) electrons. The van der Waals surface area contributed by atoms with Gasteiger partial charge in [0.15, 0.2) is 0 Å². The topological polar surface area (TPSA) is 55.9 Å². The molecule has 0 amide bonds. The summed E-state index contributed by atoms with van der Waals surface area (Å²) in [7, 11) is 1.87. The smallest absolute Gasteiger partial charge is 0.124 e. The van der Waals surface area contributed by atoms with Crippen LogP contribution >= 0.6 is 11.8 Å². The molecule has 4 nitrogen and oxygen atoms in total. The lowest BCUT2D eigenvalue weighted by atomic mass is 10.2. The molecule has 0 aliphatic rings. The third-order valence-corrected chi connectivity index (χ3v) is 3.72. The van der Waals surface area contributed by atoms with Gasteiger partial charge in [0.05, 0.1) is 11.7 Å². The van der Waals surface area contributed by atoms with Crippen LogP contribution in [0.1, 0.15) is 11.7 Å². The van der Waals surface area contributed by atoms with Gasteiger partial charge in [-0.05, 0) is 24.3 Å². The van der Waals surface area contributed by atoms with Crippen LogP contribution in [-0.2, 0) is 7.05 Å². The molecule has 2 aromatic rings. The van der Waals surface area contributed by atoms with E-state index in [2.05, 4.69) is 10.5 Å². The highest BCUT2D eigenvalue weighted by atomic mass is 32.2. The largest absolute Gasteiger partial charge is 0.271 e. The number of nitrogens with zero attached hydrogens (tertiary/aromatic N) is 2. The van der Waals surface area contributed by atoms with Gasteiger partial charge in [-0.1, -0.05) is 6.07 Å². The number of nitrogens with two attached hydrogens (primary N) is 1. The van der Waals surface area contributed by atoms with E-state index in [-0.39, 0.29) is 11.9 Å². The lowest BCUT2D eigenvalue weighted by Crippen LogP contribution is -2.31. The van der Waals surface area contributed by atoms with Gasteiger partial charge in [0.2, 0.25) is 0 Å². The Bertz CT molecular complexity index is 514. The van der Waals surface area contributed by atoms with Crippen molar-refractivity contribution in [2.75, 3.05) is 5.75 Å². The number of halogens is 1. The summed E-state index contributed by atoms with van der Waals surface area (Å²) >= 11 is 1.55. The molecule has 1 aromatic heterocycles. The molecule has 1 heterocycles. The van der Waals surface area contributed by atoms with Gasteiger partial charge in [0.25, 0.3) is 0 Å². The predicted molar refractivity (Wildman–Crippen MR) is 70.4 cm³/mol. The summed E-state index contributed by atoms with van der Waals surface area (Å²) in [4.78, 5) is 0.886. The molecule has 2 rings (SSSR count). The Hall–Kier alpha value is -1.37. The van der Waals surface area contributed by atoms with E-state index in [0.717, 1.165) is 10.6 Å². The summed E-state index contributed by atoms with van der Waals surface area (Å²) in [5.41, 5.74) is 3.76. The molecular formula is C12H15FN4S. The zero-order valence-electron chi connectivity index (χ0n) is 10.0. The number of aromatic nitrogens is 2. The molecule has 0 aliphatic heterocycles. The van der Waals surface area contributed by atoms with Gasteiger partial charge < -0.3 is 0 Å². The predicted octanol–water partition coefficient (Wildman–Crippen LogP) is 1.86. The summed E-state index contributed by atoms with van der Waals surface area (Å²) in [5, 5.41) is 4.11. The molecule has 18 heavy (non-hydrogen) atoms. The van der Waals surface area contributed by atoms with Crippen LogP contribution < -0.4 is 11.3 Å². The zero-order valence-corrected chi connectivity index (χ0v) is 10.8. The minimum Gasteiger partial charge on any atom is -0.271 e. The Morgan fingerprint density at radius 2 is 2.33 bits per heavy atom. The Morgan fingerprint density at radius 1 is 1.50 bits per heavy atom. The van der Waals surface area contributed by atoms with Crippen LogP contribution in [0.25, 0.3) is 0 Å². The number of hydrazine groups is 1. The van der Waals surface area contributed by atoms with Crippen LogP contribution in [0.3, 0.4) is 0 Å². The fourth-order valence-corrected chi connectivity index (χ4v) is 2.68. The number of aryl methyl sites for hydroxylation is 1. The summed E-state index contributed by atoms with van der Waals surface area (Å²) in [6, 6.07) is 8.42. The number of hydrogen-bond donors (Lipinski definition) is 2. The van der Waals surface area contributed by atoms with Crippen molar-refractivity contribution in [1.29, 1.82) is 0 Å². The highest BCUT2D eigenvalue weighted by Crippen LogP contribution is 2.24. The molecule has 1 aromatic carbocycles. The quantitative estimate of drug-likeness (QED) is 0.493. The molecule has 0 fully saturated rings. The second-order valence-electron chi connectivity index (χ2n) is 3.87. The second-order valence-corrected chi connectivity index (χ2v) is 4.96. The van der Waals surface area contributed by atoms with Crippen molar-refractivity contribution >= 4 is 11.8 Å². The normalized spacial score (nSPS) is 12.6. The fourth-order valence-electron chi connectivity index (χ4n) is 1.68. The zero-order chi connectivity index (χ0) is 13.0. The van der Waals surface area contributed by atoms with Gasteiger partial charge in [-0.3, -0.25) is 16.0 Å². The Balaban J connectivity index is 2.02. The minimum absolute atomic E-state index is 0.0224. The average Bonchev–Trinajstić information content (AvgIpc) is 2.77. The Morgan fingerprint density at radius 3 is 2.94 bits per heavy atom. The van der Waals surface area contributed by atoms with Crippen LogP contribution in [0, 0.1) is 5.82 Å². The van der Waals surface area contributed by atoms with Gasteiger partial charge in [0.1, 0.15) is 5.82 Å². The van der Waals surface area contributed by atoms with Gasteiger partial charge in [-0.15, -0.1) is 11.8 Å². The number of hydrogen-bond acceptors (Lipinski definition) is 4. The van der Waals surface area contributed by atoms with E-state index in [4.69, 9.17) is 5.84 Å². The molecule has 0 saturated heterocycles. The van der Waals surface area contributed by atoms with Crippen molar-refractivity contribution in [2.45, 2.75) is 10.9 Å². The minimum atomic E-state index is -0.224. The van der Waals surface area contributed by atoms with Crippen molar-refractivity contribution in [3.05, 3.63) is 48.0 Å². The molecule has 1 unspecified atom stereocenters. The average molecular weight is 266 g/mol. The van der Waals surface area contributed by atoms with Crippen molar-refractivity contribution in [3.63, 3.8) is 0 Å². The summed E-state index contributed by atoms with van der Waals surface area (Å²) < 4.78 is 14.8. The van der Waals surface area contributed by atoms with E-state index in [1.807, 2.05) is 19.2 Å². The van der Waals surface area contributed by atoms with E-state index >= 15 is 0 Å². The third kappa shape index (κ3) is 3.10. The maximum Gasteiger partial charge on any atom is 0.124 e. The summed E-state index contributed by atoms with van der Waals surface area (Å²) in [6.07, 6.45) is 1.73. The maximum absolute atomic E-state index is 13.0. The van der Waals surface area contributed by atoms with Crippen molar-refractivity contribution in [3.8, 4) is 0 Å². The first-order chi connectivity index (χ1) is 8.70. The molecule has 3 N–H and O–H groups in total. The van der Waals surface area contributed by atoms with Crippen LogP contribution in [0.5, 0.6) is 0 Å². The van der Waals surface area contributed by atoms with Crippen LogP contribution in [0.4, 0.5) is 4.39 Å². The fraction of sp³-hybridized carbons (Fsp3) is 0.250. The number of rotatable bonds is 5. The van der Waals surface area contributed by atoms with E-state index in [0.29, 0.717) is 5.75 Å². The number of thioether (sulfide) groups is 1. The SMILES string of the molecule is Cn1nccc1C(CSc1cccc(F)c1)NN. The van der Waals surface area contributed by atoms with Crippen molar-refractivity contribution < 1.29 is 4.39 Å². The van der Waals surface area contributed by atoms with E-state index < -0.39 is 0 Å². The summed E-state index contributed by atoms with van der Waals surface area (Å²) in [5.74, 6) is 6.03. The van der Waals surface area contributed by atoms with Gasteiger partial charge in [0, 0.05) is 23.9 Å². The summed E-state index contributed by atoms with van der Waals surface area (Å²) in [6.45, 7) is 0. The molecule has 0 saturated carbocycles. The van der Waals surface area contributed by atoms with Gasteiger partial charge in [-0.25, -0.2) is 4.39 Å². The molecule has 1 atom stereocenters. The molecule has 0 bridgehead atoms. The Labute approximate surface area is 109 Å². The van der Waals surface area contributed by atoms with E-state index in [1.54, 1.807) is 28.7 Å². The first-order valence-electron chi connectivity index (χ1n) is 5.53. The lowest BCUT2D eigenvalue weighted by Gasteiger charge is -2.15. The third-order valence-electron chi connectivity index (χ3n) is 2.63. The van der Waals surface area contributed by atoms with Crippen LogP contribution in [-0.4, -0.2) is 15.5 Å². The second kappa shape index (κ2) is 5.99. The molecule has 6 heteroatoms. The monoisotopic (exact) mass is 266 g/mol. The van der Waals surface area contributed by atoms with Gasteiger partial charge >= 0.3 is 0 Å². The first-order valence-corrected chi connectivity index (χ1v) is 6.51. The van der Waals surface area contributed by atoms with Crippen molar-refractivity contribution in [1.82, 2.24) is 15.2 Å². The molecule has 0 spiro atoms. The van der Waals surface area contributed by atoms with Gasteiger partial charge in [-0.2, -0.15) is 5.10 Å². The maximum atomic E-state index is 13.0. The number of nitrogens with one attached hydrogen (secondary N) is 1. The molecule has 96 valence electrons. The van der Waals surface area contributed by atoms with Crippen LogP contribution in [0.15, 0.2) is 41.4 Å². The number of benzene rings is 1.